The molecule has 2 aromatic heterocycles. The Bertz CT molecular complexity index is 2160. The van der Waals surface area contributed by atoms with Crippen molar-refractivity contribution in [3.8, 4) is 11.4 Å². The number of likely N-dealkylation sites (tertiary alicyclic amines) is 1. The molecule has 16 nitrogen and oxygen atoms in total. The first-order valence-electron chi connectivity index (χ1n) is 17.0. The number of halogens is 1. The molecular weight excluding hydrogens is 681 g/mol. The van der Waals surface area contributed by atoms with Gasteiger partial charge in [-0.1, -0.05) is 6.92 Å². The highest BCUT2D eigenvalue weighted by atomic mass is 19.1. The summed E-state index contributed by atoms with van der Waals surface area (Å²) in [5.74, 6) is -3.67. The standard InChI is InChI=1S/C35H36FN7O9/c1-3-35(51)21-6-25-31-19(13-43(25)33(49)20(21)14-52-34(35)50)30-23(5-4-18-16(2)22(36)7-24(40-31)29(18)30)41-32(48)17-11-42(12-17)28(47)10-39-27(46)9-38-26(45)8-37-15-44/h6-7,15,17,23,51H,3-5,8-14H2,1-2H3,(H,37,44)(H,38,45)(H,39,46)(H,41,48). The third-order valence-corrected chi connectivity index (χ3v) is 10.5. The van der Waals surface area contributed by atoms with Crippen LogP contribution in [0.1, 0.15) is 59.2 Å². The van der Waals surface area contributed by atoms with E-state index in [9.17, 15) is 38.7 Å². The molecule has 1 fully saturated rings. The van der Waals surface area contributed by atoms with Crippen molar-refractivity contribution in [2.24, 2.45) is 5.92 Å². The van der Waals surface area contributed by atoms with Crippen LogP contribution in [0.4, 0.5) is 4.39 Å². The van der Waals surface area contributed by atoms with Gasteiger partial charge in [0.2, 0.25) is 30.0 Å². The molecule has 5 heterocycles. The first-order valence-corrected chi connectivity index (χ1v) is 17.0. The molecule has 3 aromatic rings. The number of carbonyl (C=O) groups is 6. The molecule has 0 spiro atoms. The van der Waals surface area contributed by atoms with E-state index in [0.29, 0.717) is 52.7 Å². The lowest BCUT2D eigenvalue weighted by molar-refractivity contribution is -0.172. The van der Waals surface area contributed by atoms with Gasteiger partial charge in [-0.3, -0.25) is 28.8 Å². The molecule has 0 bridgehead atoms. The number of ether oxygens (including phenoxy) is 1. The molecule has 1 aromatic carbocycles. The van der Waals surface area contributed by atoms with Crippen molar-refractivity contribution in [2.45, 2.75) is 57.9 Å². The number of hydrogen-bond acceptors (Lipinski definition) is 10. The number of aliphatic hydroxyl groups is 1. The van der Waals surface area contributed by atoms with Gasteiger partial charge in [0.05, 0.1) is 60.6 Å². The summed E-state index contributed by atoms with van der Waals surface area (Å²) in [6.07, 6.45) is 1.24. The predicted molar refractivity (Wildman–Crippen MR) is 179 cm³/mol. The van der Waals surface area contributed by atoms with Crippen molar-refractivity contribution < 1.29 is 43.0 Å². The maximum absolute atomic E-state index is 15.2. The molecule has 272 valence electrons. The quantitative estimate of drug-likeness (QED) is 0.100. The molecule has 0 saturated carbocycles. The molecule has 3 aliphatic heterocycles. The minimum atomic E-state index is -2.01. The fraction of sp³-hybridized carbons (Fsp3) is 0.429. The van der Waals surface area contributed by atoms with E-state index in [-0.39, 0.29) is 69.3 Å². The zero-order valence-electron chi connectivity index (χ0n) is 28.4. The van der Waals surface area contributed by atoms with E-state index < -0.39 is 52.6 Å². The van der Waals surface area contributed by atoms with Gasteiger partial charge in [0.1, 0.15) is 12.4 Å². The second-order valence-corrected chi connectivity index (χ2v) is 13.5. The summed E-state index contributed by atoms with van der Waals surface area (Å²) in [7, 11) is 0. The van der Waals surface area contributed by atoms with Crippen LogP contribution < -0.4 is 26.8 Å². The van der Waals surface area contributed by atoms with Crippen LogP contribution in [0.5, 0.6) is 0 Å². The Kier molecular flexibility index (Phi) is 8.76. The Balaban J connectivity index is 1.11. The van der Waals surface area contributed by atoms with Crippen molar-refractivity contribution in [1.82, 2.24) is 35.7 Å². The molecule has 4 aliphatic rings. The summed E-state index contributed by atoms with van der Waals surface area (Å²) in [6.45, 7) is 2.39. The van der Waals surface area contributed by atoms with Crippen molar-refractivity contribution in [3.05, 3.63) is 61.7 Å². The Morgan fingerprint density at radius 3 is 2.54 bits per heavy atom. The summed E-state index contributed by atoms with van der Waals surface area (Å²) in [6, 6.07) is 2.40. The van der Waals surface area contributed by atoms with E-state index in [0.717, 1.165) is 11.1 Å². The van der Waals surface area contributed by atoms with Gasteiger partial charge in [0.15, 0.2) is 5.60 Å². The molecule has 2 unspecified atom stereocenters. The summed E-state index contributed by atoms with van der Waals surface area (Å²) < 4.78 is 21.9. The lowest BCUT2D eigenvalue weighted by Crippen LogP contribution is -2.58. The molecule has 7 rings (SSSR count). The monoisotopic (exact) mass is 717 g/mol. The van der Waals surface area contributed by atoms with Gasteiger partial charge in [-0.15, -0.1) is 0 Å². The van der Waals surface area contributed by atoms with Crippen LogP contribution in [0, 0.1) is 18.7 Å². The van der Waals surface area contributed by atoms with E-state index in [4.69, 9.17) is 9.72 Å². The zero-order chi connectivity index (χ0) is 37.1. The van der Waals surface area contributed by atoms with Gasteiger partial charge in [-0.2, -0.15) is 0 Å². The van der Waals surface area contributed by atoms with Crippen molar-refractivity contribution >= 4 is 46.9 Å². The highest BCUT2D eigenvalue weighted by molar-refractivity contribution is 5.95. The van der Waals surface area contributed by atoms with Crippen LogP contribution in [0.15, 0.2) is 16.9 Å². The molecule has 1 aliphatic carbocycles. The fourth-order valence-electron chi connectivity index (χ4n) is 7.56. The summed E-state index contributed by atoms with van der Waals surface area (Å²) in [4.78, 5) is 92.8. The minimum Gasteiger partial charge on any atom is -0.458 e. The van der Waals surface area contributed by atoms with Gasteiger partial charge in [-0.25, -0.2) is 14.2 Å². The Hall–Kier alpha value is -5.71. The number of pyridine rings is 2. The van der Waals surface area contributed by atoms with E-state index in [1.54, 1.807) is 19.9 Å². The minimum absolute atomic E-state index is 0.0201. The SMILES string of the molecule is CCC1(O)C(=O)OCc2c1cc1n(c2=O)Cc2c-1nc1cc(F)c(C)c3c1c2C(NC(=O)C1CN(C(=O)CNC(=O)CNC(=O)CNC=O)C1)CC3. The average Bonchev–Trinajstić information content (AvgIpc) is 3.47. The smallest absolute Gasteiger partial charge is 0.343 e. The third-order valence-electron chi connectivity index (χ3n) is 10.5. The summed E-state index contributed by atoms with van der Waals surface area (Å²) >= 11 is 0. The number of hydrogen-bond donors (Lipinski definition) is 5. The second kappa shape index (κ2) is 13.1. The maximum Gasteiger partial charge on any atom is 0.343 e. The van der Waals surface area contributed by atoms with Crippen LogP contribution in [0.2, 0.25) is 0 Å². The van der Waals surface area contributed by atoms with Gasteiger partial charge < -0.3 is 40.6 Å². The number of rotatable bonds is 10. The lowest BCUT2D eigenvalue weighted by Gasteiger charge is -2.39. The van der Waals surface area contributed by atoms with Crippen LogP contribution in [-0.4, -0.2) is 88.3 Å². The zero-order valence-corrected chi connectivity index (χ0v) is 28.4. The van der Waals surface area contributed by atoms with Crippen LogP contribution >= 0.6 is 0 Å². The third kappa shape index (κ3) is 5.64. The predicted octanol–water partition coefficient (Wildman–Crippen LogP) is -0.933. The first-order chi connectivity index (χ1) is 24.9. The van der Waals surface area contributed by atoms with E-state index in [2.05, 4.69) is 21.3 Å². The van der Waals surface area contributed by atoms with E-state index in [1.807, 2.05) is 0 Å². The van der Waals surface area contributed by atoms with Gasteiger partial charge in [0, 0.05) is 35.7 Å². The highest BCUT2D eigenvalue weighted by Gasteiger charge is 2.46. The van der Waals surface area contributed by atoms with Gasteiger partial charge in [0.25, 0.3) is 5.56 Å². The molecule has 1 saturated heterocycles. The number of nitrogens with one attached hydrogen (secondary N) is 4. The van der Waals surface area contributed by atoms with E-state index >= 15 is 4.39 Å². The number of aromatic nitrogens is 2. The molecule has 5 N–H and O–H groups in total. The van der Waals surface area contributed by atoms with Crippen molar-refractivity contribution in [2.75, 3.05) is 32.7 Å². The fourth-order valence-corrected chi connectivity index (χ4v) is 7.56. The largest absolute Gasteiger partial charge is 0.458 e. The number of carbonyl (C=O) groups excluding carboxylic acids is 6. The van der Waals surface area contributed by atoms with Crippen molar-refractivity contribution in [1.29, 1.82) is 0 Å². The number of esters is 1. The maximum atomic E-state index is 15.2. The number of cyclic esters (lactones) is 1. The van der Waals surface area contributed by atoms with Crippen LogP contribution in [0.3, 0.4) is 0 Å². The molecule has 17 heteroatoms. The molecule has 2 atom stereocenters. The number of nitrogens with zero attached hydrogens (tertiary/aromatic N) is 3. The Labute approximate surface area is 295 Å². The Morgan fingerprint density at radius 2 is 1.81 bits per heavy atom. The second-order valence-electron chi connectivity index (χ2n) is 13.5. The summed E-state index contributed by atoms with van der Waals surface area (Å²) in [5, 5.41) is 22.0. The molecular formula is C35H36FN7O9. The number of aryl methyl sites for hydroxylation is 1. The van der Waals surface area contributed by atoms with E-state index in [1.165, 1.54) is 15.5 Å². The molecule has 0 radical (unpaired) electrons. The summed E-state index contributed by atoms with van der Waals surface area (Å²) in [5.41, 5.74) is 1.65. The topological polar surface area (TPSA) is 218 Å². The molecule has 52 heavy (non-hydrogen) atoms. The number of amides is 5. The van der Waals surface area contributed by atoms with Gasteiger partial charge >= 0.3 is 5.97 Å². The molecule has 5 amide bonds. The van der Waals surface area contributed by atoms with Gasteiger partial charge in [-0.05, 0) is 48.9 Å². The Morgan fingerprint density at radius 1 is 1.08 bits per heavy atom. The number of benzene rings is 1. The number of fused-ring (bicyclic) bond motifs is 5. The van der Waals surface area contributed by atoms with Crippen LogP contribution in [-0.2, 0) is 58.7 Å². The highest BCUT2D eigenvalue weighted by Crippen LogP contribution is 2.46. The average molecular weight is 718 g/mol. The van der Waals surface area contributed by atoms with Crippen LogP contribution in [0.25, 0.3) is 22.3 Å². The normalized spacial score (nSPS) is 19.8. The van der Waals surface area contributed by atoms with Crippen molar-refractivity contribution in [3.63, 3.8) is 0 Å². The lowest BCUT2D eigenvalue weighted by atomic mass is 9.81. The first kappa shape index (κ1) is 34.7.